The van der Waals surface area contributed by atoms with Crippen molar-refractivity contribution in [2.45, 2.75) is 25.8 Å². The molecule has 1 N–H and O–H groups in total. The van der Waals surface area contributed by atoms with Gasteiger partial charge in [0.25, 0.3) is 0 Å². The highest BCUT2D eigenvalue weighted by atomic mass is 16.5. The Morgan fingerprint density at radius 2 is 1.68 bits per heavy atom. The number of ether oxygens (including phenoxy) is 1. The maximum absolute atomic E-state index is 12.5. The van der Waals surface area contributed by atoms with E-state index in [1.54, 1.807) is 7.05 Å². The minimum absolute atomic E-state index is 0.154. The van der Waals surface area contributed by atoms with Crippen LogP contribution in [0.5, 0.6) is 5.75 Å². The van der Waals surface area contributed by atoms with E-state index >= 15 is 0 Å². The summed E-state index contributed by atoms with van der Waals surface area (Å²) in [6.45, 7) is 2.49. The Morgan fingerprint density at radius 3 is 2.24 bits per heavy atom. The maximum Gasteiger partial charge on any atom is 0.326 e. The lowest BCUT2D eigenvalue weighted by atomic mass is 10.0. The molecule has 5 nitrogen and oxygen atoms in total. The molecule has 2 rings (SSSR count). The monoisotopic (exact) mass is 341 g/mol. The number of likely N-dealkylation sites (N-methyl/N-ethyl adjacent to an activating group) is 1. The van der Waals surface area contributed by atoms with Gasteiger partial charge in [-0.25, -0.2) is 4.79 Å². The van der Waals surface area contributed by atoms with Gasteiger partial charge in [-0.15, -0.1) is 0 Å². The highest BCUT2D eigenvalue weighted by Crippen LogP contribution is 2.14. The molecule has 1 amide bonds. The fraction of sp³-hybridized carbons (Fsp3) is 0.300. The number of carbonyl (C=O) groups is 2. The number of benzene rings is 2. The Hall–Kier alpha value is -2.82. The summed E-state index contributed by atoms with van der Waals surface area (Å²) in [6, 6.07) is 15.7. The van der Waals surface area contributed by atoms with Gasteiger partial charge in [0.05, 0.1) is 13.0 Å². The average Bonchev–Trinajstić information content (AvgIpc) is 2.61. The largest absolute Gasteiger partial charge is 0.494 e. The Labute approximate surface area is 147 Å². The molecule has 0 bridgehead atoms. The van der Waals surface area contributed by atoms with Crippen LogP contribution in [0.15, 0.2) is 54.6 Å². The lowest BCUT2D eigenvalue weighted by Crippen LogP contribution is -2.44. The fourth-order valence-electron chi connectivity index (χ4n) is 2.57. The zero-order valence-corrected chi connectivity index (χ0v) is 14.5. The van der Waals surface area contributed by atoms with E-state index in [1.165, 1.54) is 4.90 Å². The molecule has 0 aliphatic heterocycles. The van der Waals surface area contributed by atoms with Crippen molar-refractivity contribution in [3.63, 3.8) is 0 Å². The molecule has 0 aliphatic carbocycles. The van der Waals surface area contributed by atoms with Crippen molar-refractivity contribution in [2.75, 3.05) is 13.7 Å². The van der Waals surface area contributed by atoms with Crippen LogP contribution in [0, 0.1) is 0 Å². The molecule has 0 fully saturated rings. The third-order valence-electron chi connectivity index (χ3n) is 4.01. The molecule has 2 aromatic rings. The number of carboxylic acid groups (broad SMARTS) is 1. The highest BCUT2D eigenvalue weighted by molar-refractivity contribution is 5.85. The van der Waals surface area contributed by atoms with Crippen LogP contribution in [0.1, 0.15) is 18.1 Å². The number of aliphatic carboxylic acids is 1. The van der Waals surface area contributed by atoms with Gasteiger partial charge < -0.3 is 14.7 Å². The first-order valence-electron chi connectivity index (χ1n) is 8.25. The van der Waals surface area contributed by atoms with Crippen molar-refractivity contribution in [3.8, 4) is 5.75 Å². The van der Waals surface area contributed by atoms with Crippen LogP contribution in [-0.4, -0.2) is 41.6 Å². The average molecular weight is 341 g/mol. The van der Waals surface area contributed by atoms with E-state index in [4.69, 9.17) is 4.74 Å². The van der Waals surface area contributed by atoms with Crippen LogP contribution in [0.25, 0.3) is 0 Å². The normalized spacial score (nSPS) is 11.6. The van der Waals surface area contributed by atoms with Gasteiger partial charge in [0.15, 0.2) is 0 Å². The van der Waals surface area contributed by atoms with Crippen molar-refractivity contribution in [1.29, 1.82) is 0 Å². The van der Waals surface area contributed by atoms with E-state index in [1.807, 2.05) is 61.5 Å². The third kappa shape index (κ3) is 5.35. The molecule has 0 saturated heterocycles. The Morgan fingerprint density at radius 1 is 1.04 bits per heavy atom. The molecule has 2 aromatic carbocycles. The van der Waals surface area contributed by atoms with Gasteiger partial charge in [-0.05, 0) is 30.2 Å². The summed E-state index contributed by atoms with van der Waals surface area (Å²) in [5, 5.41) is 9.50. The van der Waals surface area contributed by atoms with Crippen molar-refractivity contribution >= 4 is 11.9 Å². The Bertz CT molecular complexity index is 697. The number of hydrogen-bond acceptors (Lipinski definition) is 3. The van der Waals surface area contributed by atoms with Crippen LogP contribution >= 0.6 is 0 Å². The number of amides is 1. The number of rotatable bonds is 8. The molecule has 0 saturated carbocycles. The summed E-state index contributed by atoms with van der Waals surface area (Å²) in [5.74, 6) is -0.488. The minimum atomic E-state index is -1.01. The number of hydrogen-bond donors (Lipinski definition) is 1. The van der Waals surface area contributed by atoms with Gasteiger partial charge >= 0.3 is 5.97 Å². The van der Waals surface area contributed by atoms with Gasteiger partial charge in [-0.1, -0.05) is 42.5 Å². The molecule has 0 heterocycles. The first kappa shape index (κ1) is 18.5. The van der Waals surface area contributed by atoms with E-state index in [2.05, 4.69) is 0 Å². The van der Waals surface area contributed by atoms with Crippen LogP contribution < -0.4 is 4.74 Å². The van der Waals surface area contributed by atoms with Crippen LogP contribution in [0.4, 0.5) is 0 Å². The van der Waals surface area contributed by atoms with E-state index in [0.717, 1.165) is 16.9 Å². The van der Waals surface area contributed by atoms with Gasteiger partial charge in [-0.2, -0.15) is 0 Å². The molecule has 25 heavy (non-hydrogen) atoms. The molecule has 132 valence electrons. The highest BCUT2D eigenvalue weighted by Gasteiger charge is 2.26. The van der Waals surface area contributed by atoms with Gasteiger partial charge in [0, 0.05) is 13.5 Å². The fourth-order valence-corrected chi connectivity index (χ4v) is 2.57. The van der Waals surface area contributed by atoms with E-state index in [-0.39, 0.29) is 18.7 Å². The second-order valence-corrected chi connectivity index (χ2v) is 5.80. The first-order valence-corrected chi connectivity index (χ1v) is 8.25. The standard InChI is InChI=1S/C20H23NO4/c1-3-25-17-11-9-16(10-12-17)14-19(22)21(2)18(20(23)24)13-15-7-5-4-6-8-15/h4-12,18H,3,13-14H2,1-2H3,(H,23,24). The predicted molar refractivity (Wildman–Crippen MR) is 95.7 cm³/mol. The first-order chi connectivity index (χ1) is 12.0. The molecule has 0 aromatic heterocycles. The summed E-state index contributed by atoms with van der Waals surface area (Å²) >= 11 is 0. The number of nitrogens with zero attached hydrogens (tertiary/aromatic N) is 1. The zero-order valence-electron chi connectivity index (χ0n) is 14.5. The summed E-state index contributed by atoms with van der Waals surface area (Å²) in [6.07, 6.45) is 0.434. The molecule has 0 aliphatic rings. The summed E-state index contributed by atoms with van der Waals surface area (Å²) < 4.78 is 5.38. The molecule has 0 radical (unpaired) electrons. The van der Waals surface area contributed by atoms with E-state index < -0.39 is 12.0 Å². The topological polar surface area (TPSA) is 66.8 Å². The van der Waals surface area contributed by atoms with Crippen molar-refractivity contribution in [2.24, 2.45) is 0 Å². The predicted octanol–water partition coefficient (Wildman–Crippen LogP) is 2.78. The van der Waals surface area contributed by atoms with Gasteiger partial charge in [0.2, 0.25) is 5.91 Å². The van der Waals surface area contributed by atoms with Crippen LogP contribution in [-0.2, 0) is 22.4 Å². The smallest absolute Gasteiger partial charge is 0.326 e. The summed E-state index contributed by atoms with van der Waals surface area (Å²) in [7, 11) is 1.54. The van der Waals surface area contributed by atoms with Crippen molar-refractivity contribution in [3.05, 3.63) is 65.7 Å². The number of carboxylic acids is 1. The Balaban J connectivity index is 2.03. The minimum Gasteiger partial charge on any atom is -0.494 e. The summed E-state index contributed by atoms with van der Waals surface area (Å²) in [5.41, 5.74) is 1.71. The molecular formula is C20H23NO4. The quantitative estimate of drug-likeness (QED) is 0.802. The van der Waals surface area contributed by atoms with Crippen molar-refractivity contribution in [1.82, 2.24) is 4.90 Å². The molecule has 0 spiro atoms. The maximum atomic E-state index is 12.5. The summed E-state index contributed by atoms with van der Waals surface area (Å²) in [4.78, 5) is 25.4. The Kier molecular flexibility index (Phi) is 6.57. The molecule has 1 atom stereocenters. The lowest BCUT2D eigenvalue weighted by Gasteiger charge is -2.25. The second-order valence-electron chi connectivity index (χ2n) is 5.80. The SMILES string of the molecule is CCOc1ccc(CC(=O)N(C)C(Cc2ccccc2)C(=O)O)cc1. The van der Waals surface area contributed by atoms with Crippen molar-refractivity contribution < 1.29 is 19.4 Å². The van der Waals surface area contributed by atoms with Crippen LogP contribution in [0.3, 0.4) is 0 Å². The van der Waals surface area contributed by atoms with E-state index in [0.29, 0.717) is 6.61 Å². The molecule has 1 unspecified atom stereocenters. The van der Waals surface area contributed by atoms with E-state index in [9.17, 15) is 14.7 Å². The second kappa shape index (κ2) is 8.87. The molecular weight excluding hydrogens is 318 g/mol. The van der Waals surface area contributed by atoms with Gasteiger partial charge in [-0.3, -0.25) is 4.79 Å². The van der Waals surface area contributed by atoms with Gasteiger partial charge in [0.1, 0.15) is 11.8 Å². The lowest BCUT2D eigenvalue weighted by molar-refractivity contribution is -0.148. The number of carbonyl (C=O) groups excluding carboxylic acids is 1. The van der Waals surface area contributed by atoms with Crippen LogP contribution in [0.2, 0.25) is 0 Å². The third-order valence-corrected chi connectivity index (χ3v) is 4.01. The zero-order chi connectivity index (χ0) is 18.2. The molecule has 5 heteroatoms.